The monoisotopic (exact) mass is 277 g/mol. The van der Waals surface area contributed by atoms with Crippen molar-refractivity contribution in [3.63, 3.8) is 0 Å². The first-order valence-corrected chi connectivity index (χ1v) is 6.92. The maximum Gasteiger partial charge on any atom is 0.337 e. The molecule has 0 radical (unpaired) electrons. The molecule has 1 atom stereocenters. The molecule has 20 heavy (non-hydrogen) atoms. The number of hydrogen-bond acceptors (Lipinski definition) is 5. The van der Waals surface area contributed by atoms with E-state index in [1.807, 2.05) is 6.07 Å². The number of esters is 1. The Hall–Kier alpha value is -1.75. The van der Waals surface area contributed by atoms with E-state index in [0.717, 1.165) is 18.8 Å². The molecule has 5 heteroatoms. The lowest BCUT2D eigenvalue weighted by Crippen LogP contribution is -2.37. The second-order valence-corrected chi connectivity index (χ2v) is 5.52. The van der Waals surface area contributed by atoms with E-state index in [9.17, 15) is 4.79 Å². The van der Waals surface area contributed by atoms with Crippen molar-refractivity contribution >= 4 is 17.3 Å². The fourth-order valence-corrected chi connectivity index (χ4v) is 2.83. The summed E-state index contributed by atoms with van der Waals surface area (Å²) in [4.78, 5) is 16.1. The first-order valence-electron chi connectivity index (χ1n) is 6.92. The molecule has 1 unspecified atom stereocenters. The van der Waals surface area contributed by atoms with Gasteiger partial charge in [0.2, 0.25) is 0 Å². The van der Waals surface area contributed by atoms with Crippen LogP contribution in [0.2, 0.25) is 0 Å². The molecule has 1 heterocycles. The number of methoxy groups -OCH3 is 1. The van der Waals surface area contributed by atoms with Crippen molar-refractivity contribution in [1.29, 1.82) is 0 Å². The largest absolute Gasteiger partial charge is 0.465 e. The number of nitrogens with zero attached hydrogens (tertiary/aromatic N) is 2. The Balaban J connectivity index is 2.22. The van der Waals surface area contributed by atoms with Gasteiger partial charge in [0.1, 0.15) is 0 Å². The molecular formula is C15H23N3O2. The third-order valence-electron chi connectivity index (χ3n) is 3.71. The maximum atomic E-state index is 11.5. The van der Waals surface area contributed by atoms with Crippen LogP contribution in [0.4, 0.5) is 11.4 Å². The number of nitrogens with two attached hydrogens (primary N) is 1. The van der Waals surface area contributed by atoms with Gasteiger partial charge in [-0.2, -0.15) is 0 Å². The second kappa shape index (κ2) is 6.13. The summed E-state index contributed by atoms with van der Waals surface area (Å²) in [6.45, 7) is 2.03. The van der Waals surface area contributed by atoms with E-state index in [4.69, 9.17) is 10.5 Å². The second-order valence-electron chi connectivity index (χ2n) is 5.52. The minimum atomic E-state index is -0.352. The summed E-state index contributed by atoms with van der Waals surface area (Å²) in [6.07, 6.45) is 2.35. The minimum absolute atomic E-state index is 0.352. The highest BCUT2D eigenvalue weighted by molar-refractivity contribution is 5.92. The number of carbonyl (C=O) groups excluding carboxylic acids is 1. The lowest BCUT2D eigenvalue weighted by Gasteiger charge is -2.30. The zero-order valence-corrected chi connectivity index (χ0v) is 12.4. The summed E-state index contributed by atoms with van der Waals surface area (Å²) in [5, 5.41) is 0. The molecule has 0 aliphatic carbocycles. The lowest BCUT2D eigenvalue weighted by molar-refractivity contribution is 0.0601. The van der Waals surface area contributed by atoms with Gasteiger partial charge in [-0.05, 0) is 45.1 Å². The van der Waals surface area contributed by atoms with Crippen LogP contribution in [0.15, 0.2) is 18.2 Å². The van der Waals surface area contributed by atoms with Crippen molar-refractivity contribution in [1.82, 2.24) is 4.90 Å². The van der Waals surface area contributed by atoms with Gasteiger partial charge in [-0.15, -0.1) is 0 Å². The summed E-state index contributed by atoms with van der Waals surface area (Å²) in [5.41, 5.74) is 8.27. The molecule has 1 fully saturated rings. The van der Waals surface area contributed by atoms with Gasteiger partial charge in [0.25, 0.3) is 0 Å². The predicted molar refractivity (Wildman–Crippen MR) is 81.1 cm³/mol. The molecule has 5 nitrogen and oxygen atoms in total. The Morgan fingerprint density at radius 3 is 2.85 bits per heavy atom. The first-order chi connectivity index (χ1) is 9.52. The number of benzene rings is 1. The molecule has 1 aromatic carbocycles. The third kappa shape index (κ3) is 3.04. The van der Waals surface area contributed by atoms with Gasteiger partial charge >= 0.3 is 5.97 Å². The van der Waals surface area contributed by atoms with E-state index < -0.39 is 0 Å². The van der Waals surface area contributed by atoms with Crippen LogP contribution in [0, 0.1) is 0 Å². The number of carbonyl (C=O) groups is 1. The van der Waals surface area contributed by atoms with E-state index in [-0.39, 0.29) is 5.97 Å². The molecule has 0 bridgehead atoms. The van der Waals surface area contributed by atoms with Crippen LogP contribution in [0.25, 0.3) is 0 Å². The summed E-state index contributed by atoms with van der Waals surface area (Å²) in [5.74, 6) is -0.352. The summed E-state index contributed by atoms with van der Waals surface area (Å²) in [6, 6.07) is 5.89. The summed E-state index contributed by atoms with van der Waals surface area (Å²) in [7, 11) is 5.54. The van der Waals surface area contributed by atoms with Crippen LogP contribution in [0.3, 0.4) is 0 Å². The summed E-state index contributed by atoms with van der Waals surface area (Å²) < 4.78 is 4.72. The van der Waals surface area contributed by atoms with Crippen molar-refractivity contribution < 1.29 is 9.53 Å². The van der Waals surface area contributed by atoms with E-state index in [2.05, 4.69) is 23.9 Å². The van der Waals surface area contributed by atoms with Gasteiger partial charge in [-0.25, -0.2) is 4.79 Å². The molecule has 1 aliphatic heterocycles. The van der Waals surface area contributed by atoms with Crippen molar-refractivity contribution in [2.24, 2.45) is 0 Å². The van der Waals surface area contributed by atoms with Crippen molar-refractivity contribution in [3.05, 3.63) is 23.8 Å². The maximum absolute atomic E-state index is 11.5. The molecule has 110 valence electrons. The molecule has 0 aromatic heterocycles. The topological polar surface area (TPSA) is 58.8 Å². The van der Waals surface area contributed by atoms with Gasteiger partial charge in [-0.1, -0.05) is 0 Å². The normalized spacial score (nSPS) is 18.6. The van der Waals surface area contributed by atoms with Gasteiger partial charge in [0.15, 0.2) is 0 Å². The fraction of sp³-hybridized carbons (Fsp3) is 0.533. The molecule has 0 spiro atoms. The van der Waals surface area contributed by atoms with Crippen LogP contribution in [0.5, 0.6) is 0 Å². The van der Waals surface area contributed by atoms with E-state index in [0.29, 0.717) is 17.3 Å². The molecule has 1 aromatic rings. The van der Waals surface area contributed by atoms with Crippen molar-refractivity contribution in [2.75, 3.05) is 44.9 Å². The Bertz CT molecular complexity index is 488. The molecule has 2 rings (SSSR count). The zero-order chi connectivity index (χ0) is 14.7. The smallest absolute Gasteiger partial charge is 0.337 e. The number of nitrogen functional groups attached to an aromatic ring is 1. The number of rotatable bonds is 4. The Morgan fingerprint density at radius 2 is 2.25 bits per heavy atom. The third-order valence-corrected chi connectivity index (χ3v) is 3.71. The van der Waals surface area contributed by atoms with Gasteiger partial charge in [0.05, 0.1) is 24.0 Å². The first kappa shape index (κ1) is 14.7. The Kier molecular flexibility index (Phi) is 4.49. The van der Waals surface area contributed by atoms with E-state index >= 15 is 0 Å². The quantitative estimate of drug-likeness (QED) is 0.669. The molecule has 0 amide bonds. The van der Waals surface area contributed by atoms with Crippen LogP contribution in [0.1, 0.15) is 23.2 Å². The average Bonchev–Trinajstić information content (AvgIpc) is 2.84. The van der Waals surface area contributed by atoms with Crippen LogP contribution >= 0.6 is 0 Å². The Morgan fingerprint density at radius 1 is 1.50 bits per heavy atom. The number of ether oxygens (including phenoxy) is 1. The van der Waals surface area contributed by atoms with Crippen molar-refractivity contribution in [2.45, 2.75) is 18.9 Å². The number of anilines is 2. The standard InChI is InChI=1S/C15H23N3O2/c1-17(2)10-12-5-4-8-18(12)14-7-6-11(9-13(14)16)15(19)20-3/h6-7,9,12H,4-5,8,10,16H2,1-3H3. The molecular weight excluding hydrogens is 254 g/mol. The highest BCUT2D eigenvalue weighted by atomic mass is 16.5. The molecule has 1 saturated heterocycles. The SMILES string of the molecule is COC(=O)c1ccc(N2CCCC2CN(C)C)c(N)c1. The predicted octanol–water partition coefficient (Wildman–Crippen LogP) is 1.59. The minimum Gasteiger partial charge on any atom is -0.465 e. The summed E-state index contributed by atoms with van der Waals surface area (Å²) >= 11 is 0. The van der Waals surface area contributed by atoms with Crippen LogP contribution in [-0.2, 0) is 4.74 Å². The van der Waals surface area contributed by atoms with Crippen molar-refractivity contribution in [3.8, 4) is 0 Å². The number of hydrogen-bond donors (Lipinski definition) is 1. The van der Waals surface area contributed by atoms with Gasteiger partial charge < -0.3 is 20.3 Å². The van der Waals surface area contributed by atoms with Crippen LogP contribution < -0.4 is 10.6 Å². The average molecular weight is 277 g/mol. The lowest BCUT2D eigenvalue weighted by atomic mass is 10.1. The zero-order valence-electron chi connectivity index (χ0n) is 12.4. The van der Waals surface area contributed by atoms with Gasteiger partial charge in [0, 0.05) is 19.1 Å². The fourth-order valence-electron chi connectivity index (χ4n) is 2.83. The molecule has 2 N–H and O–H groups in total. The Labute approximate surface area is 120 Å². The van der Waals surface area contributed by atoms with Crippen LogP contribution in [-0.4, -0.2) is 51.2 Å². The van der Waals surface area contributed by atoms with E-state index in [1.165, 1.54) is 20.0 Å². The number of likely N-dealkylation sites (N-methyl/N-ethyl adjacent to an activating group) is 1. The highest BCUT2D eigenvalue weighted by Gasteiger charge is 2.26. The molecule has 1 aliphatic rings. The molecule has 0 saturated carbocycles. The highest BCUT2D eigenvalue weighted by Crippen LogP contribution is 2.31. The van der Waals surface area contributed by atoms with Gasteiger partial charge in [-0.3, -0.25) is 0 Å². The van der Waals surface area contributed by atoms with E-state index in [1.54, 1.807) is 12.1 Å².